The molecule has 0 aliphatic carbocycles. The lowest BCUT2D eigenvalue weighted by Crippen LogP contribution is -2.30. The van der Waals surface area contributed by atoms with Crippen LogP contribution in [0.1, 0.15) is 355 Å². The standard InChI is InChI=1S/C61H118O6/c1-4-7-10-13-16-19-22-25-28-29-30-31-34-37-40-43-46-49-52-55-61(64)67-58(56-65-59(62)53-50-47-44-41-38-35-32-26-23-20-17-14-11-8-5-2)57-66-60(63)54-51-48-45-42-39-36-33-27-24-21-18-15-12-9-6-3/h58H,4-57H2,1-3H3. The molecule has 67 heavy (non-hydrogen) atoms. The number of hydrogen-bond acceptors (Lipinski definition) is 6. The summed E-state index contributed by atoms with van der Waals surface area (Å²) in [5.74, 6) is -0.828. The van der Waals surface area contributed by atoms with E-state index in [1.54, 1.807) is 0 Å². The average Bonchev–Trinajstić information content (AvgIpc) is 3.33. The van der Waals surface area contributed by atoms with Crippen LogP contribution in [0.4, 0.5) is 0 Å². The van der Waals surface area contributed by atoms with Crippen LogP contribution in [0, 0.1) is 0 Å². The topological polar surface area (TPSA) is 78.9 Å². The molecule has 0 saturated heterocycles. The Hall–Kier alpha value is -1.59. The van der Waals surface area contributed by atoms with Crippen molar-refractivity contribution < 1.29 is 28.6 Å². The molecule has 6 heteroatoms. The molecule has 398 valence electrons. The SMILES string of the molecule is CCCCCCCCCCCCCCCCCCCCCC(=O)OC(COC(=O)CCCCCCCCCCCCCCCCC)COC(=O)CCCCCCCCCCCCCCCCC. The Balaban J connectivity index is 4.28. The average molecular weight is 948 g/mol. The monoisotopic (exact) mass is 947 g/mol. The predicted octanol–water partition coefficient (Wildman–Crippen LogP) is 20.3. The number of esters is 3. The first-order chi connectivity index (χ1) is 33.0. The Morgan fingerprint density at radius 2 is 0.403 bits per heavy atom. The maximum Gasteiger partial charge on any atom is 0.306 e. The van der Waals surface area contributed by atoms with Crippen LogP contribution in [-0.2, 0) is 28.6 Å². The van der Waals surface area contributed by atoms with Crippen molar-refractivity contribution in [1.82, 2.24) is 0 Å². The maximum atomic E-state index is 12.9. The molecule has 0 rings (SSSR count). The second-order valence-electron chi connectivity index (χ2n) is 21.0. The summed E-state index contributed by atoms with van der Waals surface area (Å²) in [7, 11) is 0. The second kappa shape index (κ2) is 57.0. The molecule has 0 fully saturated rings. The van der Waals surface area contributed by atoms with E-state index in [-0.39, 0.29) is 31.1 Å². The van der Waals surface area contributed by atoms with Crippen LogP contribution in [0.5, 0.6) is 0 Å². The first kappa shape index (κ1) is 65.4. The van der Waals surface area contributed by atoms with Crippen molar-refractivity contribution in [3.63, 3.8) is 0 Å². The van der Waals surface area contributed by atoms with Gasteiger partial charge in [-0.3, -0.25) is 14.4 Å². The predicted molar refractivity (Wildman–Crippen MR) is 289 cm³/mol. The van der Waals surface area contributed by atoms with Crippen LogP contribution >= 0.6 is 0 Å². The van der Waals surface area contributed by atoms with Crippen molar-refractivity contribution in [3.8, 4) is 0 Å². The quantitative estimate of drug-likeness (QED) is 0.0343. The Labute approximate surface area is 418 Å². The summed E-state index contributed by atoms with van der Waals surface area (Å²) in [6, 6.07) is 0. The Morgan fingerprint density at radius 1 is 0.239 bits per heavy atom. The van der Waals surface area contributed by atoms with Gasteiger partial charge in [-0.15, -0.1) is 0 Å². The third-order valence-electron chi connectivity index (χ3n) is 14.1. The molecule has 0 heterocycles. The van der Waals surface area contributed by atoms with E-state index < -0.39 is 6.10 Å². The molecular weight excluding hydrogens is 829 g/mol. The normalized spacial score (nSPS) is 11.5. The minimum absolute atomic E-state index is 0.0608. The summed E-state index contributed by atoms with van der Waals surface area (Å²) in [6.07, 6.45) is 63.8. The molecular formula is C61H118O6. The summed E-state index contributed by atoms with van der Waals surface area (Å²) in [5.41, 5.74) is 0. The highest BCUT2D eigenvalue weighted by Crippen LogP contribution is 2.18. The minimum Gasteiger partial charge on any atom is -0.462 e. The highest BCUT2D eigenvalue weighted by Gasteiger charge is 2.19. The van der Waals surface area contributed by atoms with Crippen LogP contribution in [0.2, 0.25) is 0 Å². The van der Waals surface area contributed by atoms with Gasteiger partial charge in [-0.05, 0) is 19.3 Å². The first-order valence-electron chi connectivity index (χ1n) is 30.5. The number of rotatable bonds is 57. The molecule has 0 aliphatic rings. The van der Waals surface area contributed by atoms with Gasteiger partial charge in [0, 0.05) is 19.3 Å². The molecule has 0 amide bonds. The number of unbranched alkanes of at least 4 members (excludes halogenated alkanes) is 46. The summed E-state index contributed by atoms with van der Waals surface area (Å²) in [6.45, 7) is 6.72. The van der Waals surface area contributed by atoms with Crippen molar-refractivity contribution >= 4 is 17.9 Å². The van der Waals surface area contributed by atoms with Gasteiger partial charge in [0.25, 0.3) is 0 Å². The summed E-state index contributed by atoms with van der Waals surface area (Å²) < 4.78 is 16.9. The summed E-state index contributed by atoms with van der Waals surface area (Å²) >= 11 is 0. The Kier molecular flexibility index (Phi) is 55.6. The summed E-state index contributed by atoms with van der Waals surface area (Å²) in [4.78, 5) is 38.2. The van der Waals surface area contributed by atoms with Crippen molar-refractivity contribution in [3.05, 3.63) is 0 Å². The van der Waals surface area contributed by atoms with E-state index in [0.29, 0.717) is 19.3 Å². The molecule has 0 N–H and O–H groups in total. The Bertz CT molecular complexity index is 948. The zero-order chi connectivity index (χ0) is 48.6. The van der Waals surface area contributed by atoms with Gasteiger partial charge < -0.3 is 14.2 Å². The van der Waals surface area contributed by atoms with Crippen LogP contribution in [0.15, 0.2) is 0 Å². The number of carbonyl (C=O) groups excluding carboxylic acids is 3. The highest BCUT2D eigenvalue weighted by atomic mass is 16.6. The lowest BCUT2D eigenvalue weighted by molar-refractivity contribution is -0.167. The molecule has 0 unspecified atom stereocenters. The van der Waals surface area contributed by atoms with Crippen molar-refractivity contribution in [1.29, 1.82) is 0 Å². The van der Waals surface area contributed by atoms with Crippen molar-refractivity contribution in [2.75, 3.05) is 13.2 Å². The smallest absolute Gasteiger partial charge is 0.306 e. The molecule has 0 aliphatic heterocycles. The zero-order valence-corrected chi connectivity index (χ0v) is 45.7. The fourth-order valence-corrected chi connectivity index (χ4v) is 9.51. The van der Waals surface area contributed by atoms with Gasteiger partial charge in [0.05, 0.1) is 0 Å². The zero-order valence-electron chi connectivity index (χ0n) is 45.7. The minimum atomic E-state index is -0.761. The molecule has 0 aromatic rings. The van der Waals surface area contributed by atoms with Crippen LogP contribution in [-0.4, -0.2) is 37.2 Å². The molecule has 0 aromatic carbocycles. The van der Waals surface area contributed by atoms with E-state index in [9.17, 15) is 14.4 Å². The molecule has 0 bridgehead atoms. The highest BCUT2D eigenvalue weighted by molar-refractivity contribution is 5.71. The van der Waals surface area contributed by atoms with E-state index in [1.165, 1.54) is 257 Å². The maximum absolute atomic E-state index is 12.9. The van der Waals surface area contributed by atoms with Crippen LogP contribution < -0.4 is 0 Å². The third-order valence-corrected chi connectivity index (χ3v) is 14.1. The fraction of sp³-hybridized carbons (Fsp3) is 0.951. The van der Waals surface area contributed by atoms with Crippen LogP contribution in [0.3, 0.4) is 0 Å². The van der Waals surface area contributed by atoms with Gasteiger partial charge in [0.2, 0.25) is 0 Å². The lowest BCUT2D eigenvalue weighted by atomic mass is 10.0. The fourth-order valence-electron chi connectivity index (χ4n) is 9.51. The largest absolute Gasteiger partial charge is 0.462 e. The van der Waals surface area contributed by atoms with Gasteiger partial charge >= 0.3 is 17.9 Å². The van der Waals surface area contributed by atoms with Crippen LogP contribution in [0.25, 0.3) is 0 Å². The summed E-state index contributed by atoms with van der Waals surface area (Å²) in [5, 5.41) is 0. The van der Waals surface area contributed by atoms with Gasteiger partial charge in [-0.1, -0.05) is 316 Å². The second-order valence-corrected chi connectivity index (χ2v) is 21.0. The number of hydrogen-bond donors (Lipinski definition) is 0. The van der Waals surface area contributed by atoms with Gasteiger partial charge in [0.15, 0.2) is 6.10 Å². The molecule has 0 radical (unpaired) electrons. The van der Waals surface area contributed by atoms with Crippen molar-refractivity contribution in [2.24, 2.45) is 0 Å². The molecule has 0 saturated carbocycles. The van der Waals surface area contributed by atoms with Gasteiger partial charge in [-0.2, -0.15) is 0 Å². The molecule has 0 aromatic heterocycles. The molecule has 6 nitrogen and oxygen atoms in total. The lowest BCUT2D eigenvalue weighted by Gasteiger charge is -2.18. The third kappa shape index (κ3) is 55.2. The number of carbonyl (C=O) groups is 3. The molecule has 0 atom stereocenters. The Morgan fingerprint density at radius 3 is 0.597 bits per heavy atom. The van der Waals surface area contributed by atoms with E-state index in [2.05, 4.69) is 20.8 Å². The van der Waals surface area contributed by atoms with E-state index in [4.69, 9.17) is 14.2 Å². The van der Waals surface area contributed by atoms with E-state index >= 15 is 0 Å². The van der Waals surface area contributed by atoms with Gasteiger partial charge in [-0.25, -0.2) is 0 Å². The van der Waals surface area contributed by atoms with E-state index in [0.717, 1.165) is 57.8 Å². The van der Waals surface area contributed by atoms with Crippen molar-refractivity contribution in [2.45, 2.75) is 361 Å². The van der Waals surface area contributed by atoms with Gasteiger partial charge in [0.1, 0.15) is 13.2 Å². The van der Waals surface area contributed by atoms with E-state index in [1.807, 2.05) is 0 Å². The first-order valence-corrected chi connectivity index (χ1v) is 30.5. The molecule has 0 spiro atoms. The number of ether oxygens (including phenoxy) is 3.